The molecular weight excluding hydrogens is 426 g/mol. The first-order valence-corrected chi connectivity index (χ1v) is 12.0. The fraction of sp³-hybridized carbons (Fsp3) is 0.400. The van der Waals surface area contributed by atoms with Crippen LogP contribution in [-0.4, -0.2) is 27.9 Å². The topological polar surface area (TPSA) is 61.4 Å². The van der Waals surface area contributed by atoms with Crippen LogP contribution in [0.25, 0.3) is 16.2 Å². The van der Waals surface area contributed by atoms with E-state index >= 15 is 0 Å². The van der Waals surface area contributed by atoms with Gasteiger partial charge in [-0.1, -0.05) is 18.6 Å². The second kappa shape index (κ2) is 10.1. The second-order valence-electron chi connectivity index (χ2n) is 8.60. The third kappa shape index (κ3) is 6.24. The predicted octanol–water partition coefficient (Wildman–Crippen LogP) is 5.52. The summed E-state index contributed by atoms with van der Waals surface area (Å²) >= 11 is 0.314. The smallest absolute Gasteiger partial charge is 0.307 e. The molecule has 31 heavy (non-hydrogen) atoms. The average molecular weight is 458 g/mol. The summed E-state index contributed by atoms with van der Waals surface area (Å²) in [6, 6.07) is 6.23. The number of nitrogens with one attached hydrogen (secondary N) is 1. The first-order chi connectivity index (χ1) is 14.4. The number of hydrogen-bond acceptors (Lipinski definition) is 5. The minimum absolute atomic E-state index is 0.0267. The standard InChI is InChI=1S/C25H31NO3S2/c1-9-10-19-12-14-22-20(15-19)18(3)21(30-22)13-11-17(2)25(7,16-23(27)29-8)26-31(28)24(4,5)6/h11-15,26H,2,16H2,1,3-8H3/b13-11-/t25?,31-/m1/s1. The van der Waals surface area contributed by atoms with E-state index in [9.17, 15) is 9.35 Å². The molecule has 0 saturated heterocycles. The van der Waals surface area contributed by atoms with Crippen molar-refractivity contribution in [2.45, 2.75) is 58.2 Å². The van der Waals surface area contributed by atoms with Crippen LogP contribution in [0.2, 0.25) is 0 Å². The summed E-state index contributed by atoms with van der Waals surface area (Å²) in [6.07, 6.45) is 3.92. The van der Waals surface area contributed by atoms with Gasteiger partial charge in [-0.05, 0) is 82.3 Å². The van der Waals surface area contributed by atoms with Gasteiger partial charge in [0.05, 0.1) is 19.1 Å². The van der Waals surface area contributed by atoms with Gasteiger partial charge in [-0.2, -0.15) is 0 Å². The third-order valence-corrected chi connectivity index (χ3v) is 7.97. The summed E-state index contributed by atoms with van der Waals surface area (Å²) in [5, 5.41) is 1.18. The molecule has 0 aliphatic carbocycles. The van der Waals surface area contributed by atoms with Crippen LogP contribution in [0, 0.1) is 18.8 Å². The third-order valence-electron chi connectivity index (χ3n) is 4.99. The van der Waals surface area contributed by atoms with Crippen LogP contribution in [0.1, 0.15) is 57.0 Å². The highest BCUT2D eigenvalue weighted by molar-refractivity contribution is 7.90. The Balaban J connectivity index is 2.36. The molecule has 0 fully saturated rings. The summed E-state index contributed by atoms with van der Waals surface area (Å²) in [7, 11) is 1.35. The second-order valence-corrected chi connectivity index (χ2v) is 11.7. The minimum atomic E-state index is -1.38. The fourth-order valence-electron chi connectivity index (χ4n) is 2.91. The molecule has 0 aliphatic rings. The Morgan fingerprint density at radius 2 is 2.03 bits per heavy atom. The van der Waals surface area contributed by atoms with Crippen LogP contribution < -0.4 is 4.72 Å². The molecule has 0 amide bonds. The quantitative estimate of drug-likeness (QED) is 0.257. The lowest BCUT2D eigenvalue weighted by Gasteiger charge is -2.34. The lowest BCUT2D eigenvalue weighted by molar-refractivity contribution is -0.141. The minimum Gasteiger partial charge on any atom is -0.598 e. The summed E-state index contributed by atoms with van der Waals surface area (Å²) in [5.74, 6) is 5.65. The number of hydrogen-bond donors (Lipinski definition) is 1. The Kier molecular flexibility index (Phi) is 8.18. The number of carbonyl (C=O) groups is 1. The van der Waals surface area contributed by atoms with Crippen LogP contribution in [0.3, 0.4) is 0 Å². The summed E-state index contributed by atoms with van der Waals surface area (Å²) in [5.41, 5.74) is 1.92. The summed E-state index contributed by atoms with van der Waals surface area (Å²) in [4.78, 5) is 13.2. The molecule has 0 spiro atoms. The van der Waals surface area contributed by atoms with Crippen molar-refractivity contribution in [2.75, 3.05) is 7.11 Å². The highest BCUT2D eigenvalue weighted by Crippen LogP contribution is 2.33. The number of rotatable bonds is 7. The number of methoxy groups -OCH3 is 1. The van der Waals surface area contributed by atoms with Crippen LogP contribution >= 0.6 is 11.3 Å². The Morgan fingerprint density at radius 3 is 2.61 bits per heavy atom. The number of fused-ring (bicyclic) bond motifs is 1. The number of benzene rings is 1. The maximum atomic E-state index is 12.8. The van der Waals surface area contributed by atoms with Crippen LogP contribution in [0.5, 0.6) is 0 Å². The van der Waals surface area contributed by atoms with Gasteiger partial charge in [0, 0.05) is 26.5 Å². The molecule has 2 atom stereocenters. The van der Waals surface area contributed by atoms with Gasteiger partial charge in [0.25, 0.3) is 0 Å². The molecule has 1 heterocycles. The van der Waals surface area contributed by atoms with Crippen molar-refractivity contribution in [1.82, 2.24) is 4.72 Å². The maximum absolute atomic E-state index is 12.8. The highest BCUT2D eigenvalue weighted by atomic mass is 32.2. The normalized spacial score (nSPS) is 14.7. The van der Waals surface area contributed by atoms with E-state index in [2.05, 4.69) is 42.2 Å². The Morgan fingerprint density at radius 1 is 1.35 bits per heavy atom. The average Bonchev–Trinajstić information content (AvgIpc) is 3.00. The van der Waals surface area contributed by atoms with E-state index in [0.29, 0.717) is 5.57 Å². The molecule has 0 bridgehead atoms. The monoisotopic (exact) mass is 457 g/mol. The van der Waals surface area contributed by atoms with E-state index in [-0.39, 0.29) is 6.42 Å². The van der Waals surface area contributed by atoms with E-state index in [1.807, 2.05) is 52.8 Å². The number of aryl methyl sites for hydroxylation is 1. The van der Waals surface area contributed by atoms with Crippen molar-refractivity contribution < 1.29 is 14.1 Å². The Hall–Kier alpha value is -2.04. The summed E-state index contributed by atoms with van der Waals surface area (Å²) in [6.45, 7) is 15.6. The molecule has 0 radical (unpaired) electrons. The molecule has 2 aromatic rings. The zero-order chi connectivity index (χ0) is 23.4. The van der Waals surface area contributed by atoms with Gasteiger partial charge in [-0.25, -0.2) is 0 Å². The van der Waals surface area contributed by atoms with E-state index in [1.54, 1.807) is 11.3 Å². The molecule has 166 valence electrons. The highest BCUT2D eigenvalue weighted by Gasteiger charge is 2.39. The van der Waals surface area contributed by atoms with Gasteiger partial charge in [-0.15, -0.1) is 22.0 Å². The van der Waals surface area contributed by atoms with E-state index in [0.717, 1.165) is 10.4 Å². The summed E-state index contributed by atoms with van der Waals surface area (Å²) < 4.78 is 21.4. The molecular formula is C25H31NO3S2. The number of ether oxygens (including phenoxy) is 1. The van der Waals surface area contributed by atoms with Crippen molar-refractivity contribution in [3.8, 4) is 11.8 Å². The molecule has 1 aromatic heterocycles. The number of carbonyl (C=O) groups excluding carboxylic acids is 1. The van der Waals surface area contributed by atoms with Crippen molar-refractivity contribution in [3.05, 3.63) is 52.4 Å². The van der Waals surface area contributed by atoms with E-state index < -0.39 is 27.6 Å². The van der Waals surface area contributed by atoms with Gasteiger partial charge >= 0.3 is 5.97 Å². The van der Waals surface area contributed by atoms with E-state index in [4.69, 9.17) is 4.74 Å². The lowest BCUT2D eigenvalue weighted by atomic mass is 9.90. The molecule has 0 saturated carbocycles. The number of esters is 1. The SMILES string of the molecule is C=C(/C=C\c1sc2ccc(C#CC)cc2c1C)C(C)(CC(=O)OC)N[S@+]([O-])C(C)(C)C. The Bertz CT molecular complexity index is 1070. The largest absolute Gasteiger partial charge is 0.598 e. The molecule has 2 rings (SSSR count). The van der Waals surface area contributed by atoms with Gasteiger partial charge < -0.3 is 9.29 Å². The van der Waals surface area contributed by atoms with Gasteiger partial charge in [0.2, 0.25) is 0 Å². The first kappa shape index (κ1) is 25.2. The van der Waals surface area contributed by atoms with Gasteiger partial charge in [-0.3, -0.25) is 4.79 Å². The van der Waals surface area contributed by atoms with Crippen LogP contribution in [-0.2, 0) is 20.9 Å². The lowest BCUT2D eigenvalue weighted by Crippen LogP contribution is -2.53. The predicted molar refractivity (Wildman–Crippen MR) is 133 cm³/mol. The first-order valence-electron chi connectivity index (χ1n) is 10.0. The van der Waals surface area contributed by atoms with Gasteiger partial charge in [0.1, 0.15) is 4.75 Å². The number of thiophene rings is 1. The zero-order valence-corrected chi connectivity index (χ0v) is 21.0. The maximum Gasteiger partial charge on any atom is 0.307 e. The van der Waals surface area contributed by atoms with Gasteiger partial charge in [0.15, 0.2) is 0 Å². The molecule has 1 N–H and O–H groups in total. The van der Waals surface area contributed by atoms with Crippen molar-refractivity contribution in [1.29, 1.82) is 0 Å². The Labute approximate surface area is 193 Å². The molecule has 0 aliphatic heterocycles. The fourth-order valence-corrected chi connectivity index (χ4v) is 4.93. The molecule has 4 nitrogen and oxygen atoms in total. The van der Waals surface area contributed by atoms with Crippen LogP contribution in [0.4, 0.5) is 0 Å². The molecule has 1 unspecified atom stereocenters. The van der Waals surface area contributed by atoms with Crippen molar-refractivity contribution in [3.63, 3.8) is 0 Å². The molecule has 6 heteroatoms. The zero-order valence-electron chi connectivity index (χ0n) is 19.3. The van der Waals surface area contributed by atoms with E-state index in [1.165, 1.54) is 22.8 Å². The van der Waals surface area contributed by atoms with Crippen molar-refractivity contribution >= 4 is 44.8 Å². The molecule has 1 aromatic carbocycles. The van der Waals surface area contributed by atoms with Crippen molar-refractivity contribution in [2.24, 2.45) is 0 Å². The van der Waals surface area contributed by atoms with Crippen LogP contribution in [0.15, 0.2) is 36.4 Å².